The number of rotatable bonds is 3. The first-order chi connectivity index (χ1) is 7.72. The van der Waals surface area contributed by atoms with Gasteiger partial charge < -0.3 is 16.0 Å². The summed E-state index contributed by atoms with van der Waals surface area (Å²) in [6.07, 6.45) is 2.48. The fraction of sp³-hybridized carbons (Fsp3) is 0.636. The maximum atomic E-state index is 5.68. The summed E-state index contributed by atoms with van der Waals surface area (Å²) in [5, 5.41) is 3.00. The molecule has 0 aromatic carbocycles. The summed E-state index contributed by atoms with van der Waals surface area (Å²) < 4.78 is 0. The lowest BCUT2D eigenvalue weighted by Gasteiger charge is -2.18. The van der Waals surface area contributed by atoms with Crippen LogP contribution in [0.2, 0.25) is 0 Å². The van der Waals surface area contributed by atoms with Crippen LogP contribution < -0.4 is 16.0 Å². The third-order valence-electron chi connectivity index (χ3n) is 3.17. The van der Waals surface area contributed by atoms with E-state index < -0.39 is 0 Å². The molecule has 1 atom stereocenters. The van der Waals surface area contributed by atoms with Gasteiger partial charge >= 0.3 is 0 Å². The summed E-state index contributed by atoms with van der Waals surface area (Å²) in [7, 11) is 1.84. The summed E-state index contributed by atoms with van der Waals surface area (Å²) >= 11 is 0. The fourth-order valence-corrected chi connectivity index (χ4v) is 2.12. The maximum Gasteiger partial charge on any atom is 0.223 e. The molecular weight excluding hydrogens is 202 g/mol. The molecule has 0 saturated carbocycles. The van der Waals surface area contributed by atoms with Gasteiger partial charge in [0, 0.05) is 26.2 Å². The van der Waals surface area contributed by atoms with Gasteiger partial charge in [-0.05, 0) is 12.3 Å². The Kier molecular flexibility index (Phi) is 3.12. The summed E-state index contributed by atoms with van der Waals surface area (Å²) in [5.74, 6) is 2.84. The van der Waals surface area contributed by atoms with E-state index in [1.807, 2.05) is 13.1 Å². The molecule has 88 valence electrons. The van der Waals surface area contributed by atoms with Crippen molar-refractivity contribution in [2.24, 2.45) is 5.92 Å². The number of aromatic nitrogens is 2. The average molecular weight is 221 g/mol. The summed E-state index contributed by atoms with van der Waals surface area (Å²) in [6, 6.07) is 1.95. The Morgan fingerprint density at radius 1 is 1.56 bits per heavy atom. The number of nitrogens with zero attached hydrogens (tertiary/aromatic N) is 3. The van der Waals surface area contributed by atoms with Gasteiger partial charge in [0.25, 0.3) is 0 Å². The van der Waals surface area contributed by atoms with Gasteiger partial charge in [-0.1, -0.05) is 13.3 Å². The van der Waals surface area contributed by atoms with Crippen LogP contribution in [-0.2, 0) is 0 Å². The van der Waals surface area contributed by atoms with Crippen LogP contribution in [0.15, 0.2) is 6.07 Å². The molecule has 1 aliphatic rings. The minimum absolute atomic E-state index is 0.335. The van der Waals surface area contributed by atoms with Crippen molar-refractivity contribution in [2.45, 2.75) is 19.8 Å². The van der Waals surface area contributed by atoms with Gasteiger partial charge in [-0.2, -0.15) is 9.97 Å². The zero-order valence-electron chi connectivity index (χ0n) is 9.90. The molecule has 0 bridgehead atoms. The van der Waals surface area contributed by atoms with Gasteiger partial charge in [-0.15, -0.1) is 0 Å². The largest absolute Gasteiger partial charge is 0.373 e. The van der Waals surface area contributed by atoms with Crippen LogP contribution in [0.3, 0.4) is 0 Å². The summed E-state index contributed by atoms with van der Waals surface area (Å²) in [4.78, 5) is 10.7. The number of hydrogen-bond acceptors (Lipinski definition) is 5. The van der Waals surface area contributed by atoms with Crippen LogP contribution in [-0.4, -0.2) is 30.1 Å². The molecule has 1 aromatic rings. The quantitative estimate of drug-likeness (QED) is 0.806. The second-order valence-corrected chi connectivity index (χ2v) is 4.23. The molecule has 2 heterocycles. The fourth-order valence-electron chi connectivity index (χ4n) is 2.12. The highest BCUT2D eigenvalue weighted by molar-refractivity contribution is 5.52. The van der Waals surface area contributed by atoms with Crippen LogP contribution >= 0.6 is 0 Å². The molecule has 0 radical (unpaired) electrons. The molecule has 1 fully saturated rings. The predicted octanol–water partition coefficient (Wildman–Crippen LogP) is 1.34. The minimum atomic E-state index is 0.335. The van der Waals surface area contributed by atoms with Gasteiger partial charge in [-0.25, -0.2) is 0 Å². The van der Waals surface area contributed by atoms with Crippen LogP contribution in [0.4, 0.5) is 17.6 Å². The molecule has 1 aromatic heterocycles. The number of nitrogens with one attached hydrogen (secondary N) is 1. The van der Waals surface area contributed by atoms with Gasteiger partial charge in [-0.3, -0.25) is 0 Å². The van der Waals surface area contributed by atoms with Crippen molar-refractivity contribution in [1.29, 1.82) is 0 Å². The molecule has 0 amide bonds. The van der Waals surface area contributed by atoms with E-state index in [4.69, 9.17) is 5.73 Å². The zero-order valence-corrected chi connectivity index (χ0v) is 9.90. The first kappa shape index (κ1) is 11.0. The van der Waals surface area contributed by atoms with E-state index in [-0.39, 0.29) is 0 Å². The first-order valence-corrected chi connectivity index (χ1v) is 5.80. The first-order valence-electron chi connectivity index (χ1n) is 5.80. The molecule has 1 saturated heterocycles. The van der Waals surface area contributed by atoms with Crippen molar-refractivity contribution >= 4 is 17.6 Å². The number of hydrogen-bond donors (Lipinski definition) is 2. The molecule has 1 unspecified atom stereocenters. The molecule has 5 nitrogen and oxygen atoms in total. The normalized spacial score (nSPS) is 20.1. The van der Waals surface area contributed by atoms with E-state index in [9.17, 15) is 0 Å². The minimum Gasteiger partial charge on any atom is -0.373 e. The Bertz CT molecular complexity index is 365. The second-order valence-electron chi connectivity index (χ2n) is 4.23. The van der Waals surface area contributed by atoms with Crippen molar-refractivity contribution in [3.05, 3.63) is 6.07 Å². The third kappa shape index (κ3) is 2.18. The topological polar surface area (TPSA) is 67.1 Å². The maximum absolute atomic E-state index is 5.68. The highest BCUT2D eigenvalue weighted by atomic mass is 15.2. The Balaban J connectivity index is 2.17. The molecule has 3 N–H and O–H groups in total. The average Bonchev–Trinajstić information content (AvgIpc) is 2.76. The van der Waals surface area contributed by atoms with Crippen LogP contribution in [0.25, 0.3) is 0 Å². The molecule has 2 rings (SSSR count). The van der Waals surface area contributed by atoms with Crippen LogP contribution in [0, 0.1) is 5.92 Å². The van der Waals surface area contributed by atoms with Crippen molar-refractivity contribution in [3.63, 3.8) is 0 Å². The van der Waals surface area contributed by atoms with Crippen LogP contribution in [0.5, 0.6) is 0 Å². The molecule has 16 heavy (non-hydrogen) atoms. The standard InChI is InChI=1S/C11H19N5/c1-3-8-4-5-16(7-8)10-6-9(13-2)14-11(12)15-10/h6,8H,3-5,7H2,1-2H3,(H3,12,13,14,15). The third-order valence-corrected chi connectivity index (χ3v) is 3.17. The van der Waals surface area contributed by atoms with Crippen molar-refractivity contribution in [3.8, 4) is 0 Å². The number of anilines is 3. The molecule has 5 heteroatoms. The van der Waals surface area contributed by atoms with Gasteiger partial charge in [0.1, 0.15) is 11.6 Å². The van der Waals surface area contributed by atoms with Crippen molar-refractivity contribution in [1.82, 2.24) is 9.97 Å². The van der Waals surface area contributed by atoms with E-state index in [1.54, 1.807) is 0 Å². The van der Waals surface area contributed by atoms with E-state index in [0.717, 1.165) is 30.6 Å². The van der Waals surface area contributed by atoms with Gasteiger partial charge in [0.15, 0.2) is 0 Å². The van der Waals surface area contributed by atoms with E-state index in [0.29, 0.717) is 5.95 Å². The van der Waals surface area contributed by atoms with Crippen molar-refractivity contribution in [2.75, 3.05) is 36.1 Å². The lowest BCUT2D eigenvalue weighted by molar-refractivity contribution is 0.569. The summed E-state index contributed by atoms with van der Waals surface area (Å²) in [5.41, 5.74) is 5.68. The van der Waals surface area contributed by atoms with Gasteiger partial charge in [0.05, 0.1) is 0 Å². The Morgan fingerprint density at radius 3 is 3.00 bits per heavy atom. The molecule has 1 aliphatic heterocycles. The molecular formula is C11H19N5. The summed E-state index contributed by atoms with van der Waals surface area (Å²) in [6.45, 7) is 4.38. The monoisotopic (exact) mass is 221 g/mol. The number of nitrogen functional groups attached to an aromatic ring is 1. The van der Waals surface area contributed by atoms with E-state index in [1.165, 1.54) is 12.8 Å². The lowest BCUT2D eigenvalue weighted by Crippen LogP contribution is -2.21. The highest BCUT2D eigenvalue weighted by Gasteiger charge is 2.22. The van der Waals surface area contributed by atoms with Crippen LogP contribution in [0.1, 0.15) is 19.8 Å². The molecule has 0 spiro atoms. The van der Waals surface area contributed by atoms with Gasteiger partial charge in [0.2, 0.25) is 5.95 Å². The lowest BCUT2D eigenvalue weighted by atomic mass is 10.1. The number of nitrogens with two attached hydrogens (primary N) is 1. The Morgan fingerprint density at radius 2 is 2.38 bits per heavy atom. The predicted molar refractivity (Wildman–Crippen MR) is 66.6 cm³/mol. The zero-order chi connectivity index (χ0) is 11.5. The van der Waals surface area contributed by atoms with Crippen molar-refractivity contribution < 1.29 is 0 Å². The smallest absolute Gasteiger partial charge is 0.223 e. The molecule has 0 aliphatic carbocycles. The Hall–Kier alpha value is -1.52. The van der Waals surface area contributed by atoms with E-state index >= 15 is 0 Å². The Labute approximate surface area is 96.1 Å². The SMILES string of the molecule is CCC1CCN(c2cc(NC)nc(N)n2)C1. The second kappa shape index (κ2) is 4.55. The van der Waals surface area contributed by atoms with E-state index in [2.05, 4.69) is 27.1 Å². The highest BCUT2D eigenvalue weighted by Crippen LogP contribution is 2.25.